The molecule has 164 valence electrons. The first kappa shape index (κ1) is 23.3. The van der Waals surface area contributed by atoms with Crippen LogP contribution >= 0.6 is 11.8 Å². The molecule has 0 unspecified atom stereocenters. The lowest BCUT2D eigenvalue weighted by Crippen LogP contribution is -2.50. The molecule has 1 amide bonds. The van der Waals surface area contributed by atoms with Crippen LogP contribution in [0, 0.1) is 39.0 Å². The minimum Gasteiger partial charge on any atom is -0.336 e. The van der Waals surface area contributed by atoms with Crippen molar-refractivity contribution >= 4 is 27.7 Å². The highest BCUT2D eigenvalue weighted by atomic mass is 32.2. The number of nitriles is 1. The summed E-state index contributed by atoms with van der Waals surface area (Å²) in [5.74, 6) is 0.141. The number of hydrogen-bond donors (Lipinski definition) is 0. The normalized spacial score (nSPS) is 15.0. The fourth-order valence-corrected chi connectivity index (χ4v) is 6.58. The molecular formula is C23H27N3O3S2. The number of piperazine rings is 1. The smallest absolute Gasteiger partial charge is 0.255 e. The van der Waals surface area contributed by atoms with Crippen LogP contribution < -0.4 is 0 Å². The van der Waals surface area contributed by atoms with Crippen LogP contribution in [-0.4, -0.2) is 55.5 Å². The van der Waals surface area contributed by atoms with Crippen molar-refractivity contribution in [2.45, 2.75) is 37.5 Å². The Bertz CT molecular complexity index is 1120. The first-order valence-electron chi connectivity index (χ1n) is 10.1. The molecule has 31 heavy (non-hydrogen) atoms. The number of benzene rings is 2. The summed E-state index contributed by atoms with van der Waals surface area (Å²) in [6, 6.07) is 11.3. The van der Waals surface area contributed by atoms with Gasteiger partial charge in [-0.3, -0.25) is 4.79 Å². The van der Waals surface area contributed by atoms with Crippen LogP contribution in [0.2, 0.25) is 0 Å². The number of thioether (sulfide) groups is 1. The van der Waals surface area contributed by atoms with Gasteiger partial charge in [0, 0.05) is 31.1 Å². The van der Waals surface area contributed by atoms with Gasteiger partial charge < -0.3 is 4.90 Å². The average molecular weight is 458 g/mol. The van der Waals surface area contributed by atoms with Crippen molar-refractivity contribution in [1.29, 1.82) is 5.26 Å². The van der Waals surface area contributed by atoms with E-state index in [2.05, 4.69) is 6.07 Å². The molecule has 0 bridgehead atoms. The zero-order valence-electron chi connectivity index (χ0n) is 18.3. The van der Waals surface area contributed by atoms with E-state index in [4.69, 9.17) is 5.26 Å². The van der Waals surface area contributed by atoms with Crippen LogP contribution in [0.5, 0.6) is 0 Å². The Balaban J connectivity index is 1.79. The second kappa shape index (κ2) is 9.43. The molecule has 2 aromatic carbocycles. The highest BCUT2D eigenvalue weighted by molar-refractivity contribution is 7.99. The number of aryl methyl sites for hydroxylation is 2. The molecule has 1 fully saturated rings. The van der Waals surface area contributed by atoms with Crippen LogP contribution in [0.25, 0.3) is 0 Å². The molecule has 8 heteroatoms. The first-order chi connectivity index (χ1) is 14.7. The molecule has 6 nitrogen and oxygen atoms in total. The van der Waals surface area contributed by atoms with E-state index >= 15 is 0 Å². The summed E-state index contributed by atoms with van der Waals surface area (Å²) in [7, 11) is -3.65. The van der Waals surface area contributed by atoms with E-state index in [0.717, 1.165) is 27.1 Å². The number of hydrogen-bond acceptors (Lipinski definition) is 5. The van der Waals surface area contributed by atoms with Gasteiger partial charge in [-0.15, -0.1) is 11.8 Å². The van der Waals surface area contributed by atoms with Crippen molar-refractivity contribution in [3.05, 3.63) is 58.1 Å². The van der Waals surface area contributed by atoms with E-state index in [-0.39, 0.29) is 24.7 Å². The molecule has 1 saturated heterocycles. The molecule has 2 aromatic rings. The summed E-state index contributed by atoms with van der Waals surface area (Å²) in [6.07, 6.45) is 0. The van der Waals surface area contributed by atoms with Gasteiger partial charge in [-0.1, -0.05) is 18.2 Å². The molecular weight excluding hydrogens is 430 g/mol. The Kier molecular flexibility index (Phi) is 7.10. The van der Waals surface area contributed by atoms with E-state index < -0.39 is 10.0 Å². The molecule has 0 atom stereocenters. The first-order valence-corrected chi connectivity index (χ1v) is 12.6. The minimum absolute atomic E-state index is 0.128. The third-order valence-electron chi connectivity index (χ3n) is 5.83. The van der Waals surface area contributed by atoms with Crippen LogP contribution in [0.3, 0.4) is 0 Å². The summed E-state index contributed by atoms with van der Waals surface area (Å²) < 4.78 is 28.4. The highest BCUT2D eigenvalue weighted by Crippen LogP contribution is 2.30. The summed E-state index contributed by atoms with van der Waals surface area (Å²) in [5.41, 5.74) is 4.04. The molecule has 0 aliphatic carbocycles. The van der Waals surface area contributed by atoms with Gasteiger partial charge in [0.2, 0.25) is 10.0 Å². The summed E-state index contributed by atoms with van der Waals surface area (Å²) in [6.45, 7) is 8.74. The maximum atomic E-state index is 13.4. The van der Waals surface area contributed by atoms with Crippen molar-refractivity contribution < 1.29 is 13.2 Å². The lowest BCUT2D eigenvalue weighted by atomic mass is 10.0. The van der Waals surface area contributed by atoms with Gasteiger partial charge in [-0.05, 0) is 62.1 Å². The summed E-state index contributed by atoms with van der Waals surface area (Å²) in [5, 5.41) is 8.85. The van der Waals surface area contributed by atoms with Crippen LogP contribution in [0.15, 0.2) is 40.1 Å². The van der Waals surface area contributed by atoms with E-state index in [9.17, 15) is 13.2 Å². The third kappa shape index (κ3) is 4.64. The third-order valence-corrected chi connectivity index (χ3v) is 8.94. The van der Waals surface area contributed by atoms with E-state index in [1.165, 1.54) is 16.1 Å². The van der Waals surface area contributed by atoms with Crippen LogP contribution in [0.4, 0.5) is 0 Å². The Morgan fingerprint density at radius 2 is 1.61 bits per heavy atom. The van der Waals surface area contributed by atoms with Gasteiger partial charge >= 0.3 is 0 Å². The van der Waals surface area contributed by atoms with Gasteiger partial charge in [-0.2, -0.15) is 9.57 Å². The number of carbonyl (C=O) groups is 1. The molecule has 0 saturated carbocycles. The van der Waals surface area contributed by atoms with Crippen LogP contribution in [-0.2, 0) is 10.0 Å². The largest absolute Gasteiger partial charge is 0.336 e. The molecule has 0 aromatic heterocycles. The number of sulfonamides is 1. The number of nitrogens with zero attached hydrogens (tertiary/aromatic N) is 3. The minimum atomic E-state index is -3.65. The van der Waals surface area contributed by atoms with E-state index in [1.807, 2.05) is 45.9 Å². The van der Waals surface area contributed by atoms with Gasteiger partial charge in [0.1, 0.15) is 0 Å². The quantitative estimate of drug-likeness (QED) is 0.640. The Hall–Kier alpha value is -2.34. The second-order valence-electron chi connectivity index (χ2n) is 7.73. The number of rotatable bonds is 5. The standard InChI is InChI=1S/C23H27N3O3S2/c1-16-15-17(2)19(4)22(18(16)3)31(28,29)26-12-10-25(11-13-26)23(27)20-7-5-6-8-21(20)30-14-9-24/h5-8,15H,10-14H2,1-4H3. The maximum Gasteiger partial charge on any atom is 0.255 e. The number of carbonyl (C=O) groups excluding carboxylic acids is 1. The van der Waals surface area contributed by atoms with E-state index in [0.29, 0.717) is 23.5 Å². The predicted octanol–water partition coefficient (Wildman–Crippen LogP) is 3.68. The van der Waals surface area contributed by atoms with Crippen molar-refractivity contribution in [2.24, 2.45) is 0 Å². The SMILES string of the molecule is Cc1cc(C)c(C)c(S(=O)(=O)N2CCN(C(=O)c3ccccc3SCC#N)CC2)c1C. The molecule has 0 radical (unpaired) electrons. The highest BCUT2D eigenvalue weighted by Gasteiger charge is 2.33. The fraction of sp³-hybridized carbons (Fsp3) is 0.391. The summed E-state index contributed by atoms with van der Waals surface area (Å²) in [4.78, 5) is 15.9. The second-order valence-corrected chi connectivity index (χ2v) is 10.6. The molecule has 1 heterocycles. The molecule has 0 N–H and O–H groups in total. The van der Waals surface area contributed by atoms with E-state index in [1.54, 1.807) is 17.0 Å². The molecule has 0 spiro atoms. The predicted molar refractivity (Wildman–Crippen MR) is 123 cm³/mol. The fourth-order valence-electron chi connectivity index (χ4n) is 3.88. The van der Waals surface area contributed by atoms with Crippen molar-refractivity contribution in [3.8, 4) is 6.07 Å². The molecule has 3 rings (SSSR count). The average Bonchev–Trinajstić information content (AvgIpc) is 2.76. The van der Waals surface area contributed by atoms with Gasteiger partial charge in [0.15, 0.2) is 0 Å². The summed E-state index contributed by atoms with van der Waals surface area (Å²) >= 11 is 1.33. The molecule has 1 aliphatic heterocycles. The Morgan fingerprint density at radius 3 is 2.19 bits per heavy atom. The lowest BCUT2D eigenvalue weighted by Gasteiger charge is -2.35. The zero-order valence-corrected chi connectivity index (χ0v) is 19.9. The van der Waals surface area contributed by atoms with Gasteiger partial charge in [0.25, 0.3) is 5.91 Å². The van der Waals surface area contributed by atoms with Crippen molar-refractivity contribution in [2.75, 3.05) is 31.9 Å². The van der Waals surface area contributed by atoms with Gasteiger partial charge in [0.05, 0.1) is 22.3 Å². The van der Waals surface area contributed by atoms with Crippen molar-refractivity contribution in [1.82, 2.24) is 9.21 Å². The zero-order chi connectivity index (χ0) is 22.8. The lowest BCUT2D eigenvalue weighted by molar-refractivity contribution is 0.0694. The maximum absolute atomic E-state index is 13.4. The Morgan fingerprint density at radius 1 is 1.03 bits per heavy atom. The number of amides is 1. The van der Waals surface area contributed by atoms with Crippen molar-refractivity contribution in [3.63, 3.8) is 0 Å². The van der Waals surface area contributed by atoms with Gasteiger partial charge in [-0.25, -0.2) is 8.42 Å². The molecule has 1 aliphatic rings. The van der Waals surface area contributed by atoms with Crippen LogP contribution in [0.1, 0.15) is 32.6 Å². The topological polar surface area (TPSA) is 81.5 Å². The monoisotopic (exact) mass is 457 g/mol. The Labute approximate surface area is 188 Å².